The van der Waals surface area contributed by atoms with E-state index < -0.39 is 0 Å². The number of carbonyl (C=O) groups is 1. The molecule has 7 heteroatoms. The van der Waals surface area contributed by atoms with Crippen LogP contribution in [0.1, 0.15) is 43.7 Å². The fourth-order valence-corrected chi connectivity index (χ4v) is 4.07. The molecule has 26 heavy (non-hydrogen) atoms. The lowest BCUT2D eigenvalue weighted by Crippen LogP contribution is -2.54. The Morgan fingerprint density at radius 2 is 1.96 bits per heavy atom. The minimum atomic E-state index is 0.123. The quantitative estimate of drug-likeness (QED) is 0.827. The molecule has 2 amide bonds. The van der Waals surface area contributed by atoms with E-state index in [-0.39, 0.29) is 12.1 Å². The monoisotopic (exact) mass is 359 g/mol. The van der Waals surface area contributed by atoms with Gasteiger partial charge >= 0.3 is 6.03 Å². The maximum atomic E-state index is 12.8. The molecule has 0 radical (unpaired) electrons. The van der Waals surface area contributed by atoms with Crippen LogP contribution >= 0.6 is 0 Å². The molecule has 1 atom stereocenters. The first-order chi connectivity index (χ1) is 12.7. The Kier molecular flexibility index (Phi) is 5.24. The summed E-state index contributed by atoms with van der Waals surface area (Å²) in [5.41, 5.74) is 1.18. The van der Waals surface area contributed by atoms with Gasteiger partial charge in [-0.05, 0) is 25.7 Å². The van der Waals surface area contributed by atoms with Crippen molar-refractivity contribution in [3.8, 4) is 0 Å². The number of nitrogens with zero attached hydrogens (tertiary/aromatic N) is 5. The van der Waals surface area contributed by atoms with Gasteiger partial charge < -0.3 is 19.4 Å². The Morgan fingerprint density at radius 1 is 1.15 bits per heavy atom. The lowest BCUT2D eigenvalue weighted by atomic mass is 9.83. The zero-order chi connectivity index (χ0) is 17.9. The summed E-state index contributed by atoms with van der Waals surface area (Å²) in [5, 5.41) is 0. The van der Waals surface area contributed by atoms with E-state index in [1.807, 2.05) is 16.8 Å². The molecule has 0 bridgehead atoms. The van der Waals surface area contributed by atoms with E-state index in [4.69, 9.17) is 4.74 Å². The van der Waals surface area contributed by atoms with E-state index in [2.05, 4.69) is 20.9 Å². The van der Waals surface area contributed by atoms with E-state index >= 15 is 0 Å². The number of morpholine rings is 1. The largest absolute Gasteiger partial charge is 0.378 e. The number of anilines is 1. The van der Waals surface area contributed by atoms with Crippen molar-refractivity contribution in [1.82, 2.24) is 19.8 Å². The van der Waals surface area contributed by atoms with Crippen LogP contribution in [0.5, 0.6) is 0 Å². The normalized spacial score (nSPS) is 24.3. The Bertz CT molecular complexity index is 630. The Hall–Kier alpha value is -1.89. The number of likely N-dealkylation sites (N-methyl/N-ethyl adjacent to an activating group) is 1. The molecule has 0 N–H and O–H groups in total. The number of rotatable bonds is 3. The van der Waals surface area contributed by atoms with Gasteiger partial charge in [0.1, 0.15) is 12.1 Å². The third-order valence-corrected chi connectivity index (χ3v) is 6.05. The van der Waals surface area contributed by atoms with Crippen molar-refractivity contribution in [2.24, 2.45) is 0 Å². The number of aromatic nitrogens is 2. The van der Waals surface area contributed by atoms with E-state index in [0.29, 0.717) is 32.2 Å². The van der Waals surface area contributed by atoms with Gasteiger partial charge in [0.15, 0.2) is 0 Å². The maximum absolute atomic E-state index is 12.8. The molecule has 1 saturated carbocycles. The molecule has 1 aromatic rings. The van der Waals surface area contributed by atoms with Gasteiger partial charge in [-0.15, -0.1) is 0 Å². The second kappa shape index (κ2) is 7.78. The summed E-state index contributed by atoms with van der Waals surface area (Å²) in [6.07, 6.45) is 7.63. The van der Waals surface area contributed by atoms with Crippen LogP contribution in [0, 0.1) is 0 Å². The molecule has 0 spiro atoms. The number of hydrogen-bond donors (Lipinski definition) is 0. The molecule has 2 aliphatic heterocycles. The summed E-state index contributed by atoms with van der Waals surface area (Å²) in [5.74, 6) is 1.63. The van der Waals surface area contributed by atoms with Crippen molar-refractivity contribution in [1.29, 1.82) is 0 Å². The average molecular weight is 359 g/mol. The molecule has 1 aromatic heterocycles. The van der Waals surface area contributed by atoms with Gasteiger partial charge in [0.05, 0.1) is 19.3 Å². The standard InChI is InChI=1S/C19H29N5O2/c1-22(19(25)23-8-10-26-11-9-23)16-6-3-7-24(13-16)18-12-17(20-14-21-18)15-4-2-5-15/h12,14-16H,2-11,13H2,1H3. The third kappa shape index (κ3) is 3.63. The SMILES string of the molecule is CN(C(=O)N1CCOCC1)C1CCCN(c2cc(C3CCC3)ncn2)C1. The first kappa shape index (κ1) is 17.5. The molecule has 7 nitrogen and oxygen atoms in total. The molecule has 3 heterocycles. The zero-order valence-electron chi connectivity index (χ0n) is 15.6. The fourth-order valence-electron chi connectivity index (χ4n) is 4.07. The minimum Gasteiger partial charge on any atom is -0.378 e. The van der Waals surface area contributed by atoms with Crippen LogP contribution in [0.3, 0.4) is 0 Å². The number of piperidine rings is 1. The van der Waals surface area contributed by atoms with Gasteiger partial charge in [-0.2, -0.15) is 0 Å². The fraction of sp³-hybridized carbons (Fsp3) is 0.737. The maximum Gasteiger partial charge on any atom is 0.320 e. The summed E-state index contributed by atoms with van der Waals surface area (Å²) in [7, 11) is 1.94. The summed E-state index contributed by atoms with van der Waals surface area (Å²) in [6, 6.07) is 2.51. The summed E-state index contributed by atoms with van der Waals surface area (Å²) >= 11 is 0. The second-order valence-electron chi connectivity index (χ2n) is 7.66. The Labute approximate surface area is 155 Å². The van der Waals surface area contributed by atoms with E-state index in [9.17, 15) is 4.79 Å². The summed E-state index contributed by atoms with van der Waals surface area (Å²) < 4.78 is 5.36. The molecule has 1 aliphatic carbocycles. The number of ether oxygens (including phenoxy) is 1. The molecule has 4 rings (SSSR count). The Balaban J connectivity index is 1.41. The molecule has 3 aliphatic rings. The zero-order valence-corrected chi connectivity index (χ0v) is 15.6. The van der Waals surface area contributed by atoms with Gasteiger partial charge in [0.2, 0.25) is 0 Å². The molecular formula is C19H29N5O2. The van der Waals surface area contributed by atoms with Crippen LogP contribution in [0.25, 0.3) is 0 Å². The van der Waals surface area contributed by atoms with Crippen molar-refractivity contribution in [3.63, 3.8) is 0 Å². The lowest BCUT2D eigenvalue weighted by Gasteiger charge is -2.40. The minimum absolute atomic E-state index is 0.123. The van der Waals surface area contributed by atoms with Gasteiger partial charge in [0, 0.05) is 50.9 Å². The highest BCUT2D eigenvalue weighted by molar-refractivity contribution is 5.74. The van der Waals surface area contributed by atoms with E-state index in [1.165, 1.54) is 25.0 Å². The first-order valence-corrected chi connectivity index (χ1v) is 9.89. The van der Waals surface area contributed by atoms with Crippen molar-refractivity contribution < 1.29 is 9.53 Å². The van der Waals surface area contributed by atoms with Crippen LogP contribution in [-0.2, 0) is 4.74 Å². The van der Waals surface area contributed by atoms with Crippen molar-refractivity contribution in [2.75, 3.05) is 51.3 Å². The van der Waals surface area contributed by atoms with Crippen LogP contribution in [-0.4, -0.2) is 78.3 Å². The van der Waals surface area contributed by atoms with Crippen molar-refractivity contribution in [3.05, 3.63) is 18.1 Å². The molecular weight excluding hydrogens is 330 g/mol. The number of urea groups is 1. The highest BCUT2D eigenvalue weighted by Gasteiger charge is 2.30. The predicted molar refractivity (Wildman–Crippen MR) is 99.4 cm³/mol. The summed E-state index contributed by atoms with van der Waals surface area (Å²) in [6.45, 7) is 4.50. The van der Waals surface area contributed by atoms with Crippen LogP contribution in [0.15, 0.2) is 12.4 Å². The lowest BCUT2D eigenvalue weighted by molar-refractivity contribution is 0.0414. The van der Waals surface area contributed by atoms with Gasteiger partial charge in [-0.25, -0.2) is 14.8 Å². The van der Waals surface area contributed by atoms with Crippen LogP contribution < -0.4 is 4.90 Å². The van der Waals surface area contributed by atoms with Gasteiger partial charge in [-0.3, -0.25) is 0 Å². The summed E-state index contributed by atoms with van der Waals surface area (Å²) in [4.78, 5) is 27.9. The van der Waals surface area contributed by atoms with Crippen molar-refractivity contribution in [2.45, 2.75) is 44.1 Å². The highest BCUT2D eigenvalue weighted by Crippen LogP contribution is 2.36. The number of amides is 2. The highest BCUT2D eigenvalue weighted by atomic mass is 16.5. The van der Waals surface area contributed by atoms with E-state index in [0.717, 1.165) is 31.7 Å². The molecule has 142 valence electrons. The van der Waals surface area contributed by atoms with E-state index in [1.54, 1.807) is 6.33 Å². The topological polar surface area (TPSA) is 61.8 Å². The van der Waals surface area contributed by atoms with Gasteiger partial charge in [0.25, 0.3) is 0 Å². The first-order valence-electron chi connectivity index (χ1n) is 9.89. The van der Waals surface area contributed by atoms with Gasteiger partial charge in [-0.1, -0.05) is 6.42 Å². The smallest absolute Gasteiger partial charge is 0.320 e. The number of hydrogen-bond acceptors (Lipinski definition) is 5. The van der Waals surface area contributed by atoms with Crippen LogP contribution in [0.4, 0.5) is 10.6 Å². The number of carbonyl (C=O) groups excluding carboxylic acids is 1. The molecule has 1 unspecified atom stereocenters. The molecule has 0 aromatic carbocycles. The Morgan fingerprint density at radius 3 is 2.69 bits per heavy atom. The third-order valence-electron chi connectivity index (χ3n) is 6.05. The van der Waals surface area contributed by atoms with Crippen molar-refractivity contribution >= 4 is 11.8 Å². The molecule has 2 saturated heterocycles. The van der Waals surface area contributed by atoms with Crippen LogP contribution in [0.2, 0.25) is 0 Å². The average Bonchev–Trinajstić information content (AvgIpc) is 2.66. The second-order valence-corrected chi connectivity index (χ2v) is 7.66. The predicted octanol–water partition coefficient (Wildman–Crippen LogP) is 2.10. The molecule has 3 fully saturated rings.